The molecule has 4 rings (SSSR count). The molecule has 0 amide bonds. The number of piperidine rings is 1. The molecule has 5 unspecified atom stereocenters. The van der Waals surface area contributed by atoms with E-state index in [4.69, 9.17) is 9.26 Å². The molecular weight excluding hydrogens is 369 g/mol. The second-order valence-electron chi connectivity index (χ2n) is 8.17. The molecule has 2 bridgehead atoms. The zero-order valence-electron chi connectivity index (χ0n) is 15.5. The first-order chi connectivity index (χ1) is 12.8. The maximum absolute atomic E-state index is 11.4. The molecule has 0 radical (unpaired) electrons. The molecule has 1 saturated carbocycles. The van der Waals surface area contributed by atoms with Gasteiger partial charge >= 0.3 is 7.82 Å². The molecule has 1 spiro atoms. The third-order valence-electron chi connectivity index (χ3n) is 6.75. The number of aliphatic hydroxyl groups is 1. The lowest BCUT2D eigenvalue weighted by atomic mass is 9.65. The van der Waals surface area contributed by atoms with E-state index in [1.54, 1.807) is 7.11 Å². The number of nitrogens with zero attached hydrogens (tertiary/aromatic N) is 1. The number of benzene rings is 1. The van der Waals surface area contributed by atoms with Crippen LogP contribution in [0.1, 0.15) is 37.7 Å². The van der Waals surface area contributed by atoms with Crippen molar-refractivity contribution in [2.75, 3.05) is 13.7 Å². The van der Waals surface area contributed by atoms with Crippen molar-refractivity contribution in [3.8, 4) is 5.75 Å². The molecule has 2 saturated heterocycles. The lowest BCUT2D eigenvalue weighted by Gasteiger charge is -2.57. The lowest BCUT2D eigenvalue weighted by Crippen LogP contribution is -2.66. The molecule has 3 fully saturated rings. The van der Waals surface area contributed by atoms with Gasteiger partial charge in [0, 0.05) is 17.5 Å². The Morgan fingerprint density at radius 1 is 1.26 bits per heavy atom. The number of ether oxygens (including phenoxy) is 1. The fraction of sp³-hybridized carbons (Fsp3) is 0.684. The van der Waals surface area contributed by atoms with Crippen LogP contribution in [0.2, 0.25) is 0 Å². The van der Waals surface area contributed by atoms with Crippen molar-refractivity contribution in [2.45, 2.75) is 62.3 Å². The molecule has 7 nitrogen and oxygen atoms in total. The van der Waals surface area contributed by atoms with Gasteiger partial charge in [-0.1, -0.05) is 12.1 Å². The molecule has 3 N–H and O–H groups in total. The van der Waals surface area contributed by atoms with Crippen LogP contribution in [0.5, 0.6) is 5.75 Å². The van der Waals surface area contributed by atoms with Gasteiger partial charge in [-0.05, 0) is 62.8 Å². The maximum Gasteiger partial charge on any atom is 0.469 e. The van der Waals surface area contributed by atoms with Crippen LogP contribution < -0.4 is 4.74 Å². The Labute approximate surface area is 159 Å². The highest BCUT2D eigenvalue weighted by molar-refractivity contribution is 7.46. The lowest BCUT2D eigenvalue weighted by molar-refractivity contribution is -0.144. The first kappa shape index (κ1) is 19.4. The van der Waals surface area contributed by atoms with Crippen molar-refractivity contribution in [2.24, 2.45) is 5.92 Å². The third kappa shape index (κ3) is 3.69. The van der Waals surface area contributed by atoms with Gasteiger partial charge in [-0.2, -0.15) is 0 Å². The predicted molar refractivity (Wildman–Crippen MR) is 99.4 cm³/mol. The number of methoxy groups -OCH3 is 1. The van der Waals surface area contributed by atoms with Gasteiger partial charge in [0.1, 0.15) is 5.75 Å². The van der Waals surface area contributed by atoms with Crippen LogP contribution in [0.4, 0.5) is 0 Å². The van der Waals surface area contributed by atoms with Gasteiger partial charge in [-0.3, -0.25) is 9.42 Å². The average Bonchev–Trinajstić information content (AvgIpc) is 3.03. The topological polar surface area (TPSA) is 99.5 Å². The van der Waals surface area contributed by atoms with Gasteiger partial charge < -0.3 is 19.6 Å². The van der Waals surface area contributed by atoms with Gasteiger partial charge in [-0.25, -0.2) is 4.57 Å². The first-order valence-electron chi connectivity index (χ1n) is 9.63. The largest absolute Gasteiger partial charge is 0.497 e. The van der Waals surface area contributed by atoms with Gasteiger partial charge in [-0.15, -0.1) is 0 Å². The summed E-state index contributed by atoms with van der Waals surface area (Å²) >= 11 is 0. The molecule has 1 aromatic rings. The standard InChI is InChI=1S/C19H28NO6P/c1-25-14-5-3-13(4-6-14)11-16-18(21)15-12-19(8-2-10-20(16)19)9-7-17(15)26-27(22,23)24/h3-6,15-18,21H,2,7-12H2,1H3,(H2,22,23,24). The SMILES string of the molecule is COc1ccc(CC2C(O)C3CC4(CCCN24)CCC3OP(=O)(O)O)cc1. The van der Waals surface area contributed by atoms with Crippen molar-refractivity contribution in [1.29, 1.82) is 0 Å². The van der Waals surface area contributed by atoms with Crippen LogP contribution in [0.25, 0.3) is 0 Å². The number of aliphatic hydroxyl groups excluding tert-OH is 1. The zero-order valence-corrected chi connectivity index (χ0v) is 16.4. The quantitative estimate of drug-likeness (QED) is 0.655. The van der Waals surface area contributed by atoms with E-state index in [0.29, 0.717) is 12.8 Å². The second-order valence-corrected chi connectivity index (χ2v) is 9.36. The fourth-order valence-corrected chi connectivity index (χ4v) is 6.23. The summed E-state index contributed by atoms with van der Waals surface area (Å²) in [7, 11) is -2.94. The molecule has 27 heavy (non-hydrogen) atoms. The summed E-state index contributed by atoms with van der Waals surface area (Å²) in [5.74, 6) is 0.552. The normalized spacial score (nSPS) is 36.4. The summed E-state index contributed by atoms with van der Waals surface area (Å²) in [5.41, 5.74) is 1.16. The van der Waals surface area contributed by atoms with Crippen LogP contribution in [0.3, 0.4) is 0 Å². The highest BCUT2D eigenvalue weighted by Gasteiger charge is 2.57. The molecule has 2 heterocycles. The Kier molecular flexibility index (Phi) is 5.12. The Balaban J connectivity index is 1.59. The Morgan fingerprint density at radius 3 is 2.67 bits per heavy atom. The number of phosphoric acid groups is 1. The molecule has 3 aliphatic rings. The van der Waals surface area contributed by atoms with Gasteiger partial charge in [0.2, 0.25) is 0 Å². The van der Waals surface area contributed by atoms with Gasteiger partial charge in [0.25, 0.3) is 0 Å². The van der Waals surface area contributed by atoms with E-state index in [1.165, 1.54) is 0 Å². The Hall–Kier alpha value is -0.950. The van der Waals surface area contributed by atoms with Crippen LogP contribution >= 0.6 is 7.82 Å². The molecule has 2 aliphatic heterocycles. The van der Waals surface area contributed by atoms with E-state index in [-0.39, 0.29) is 17.5 Å². The minimum absolute atomic E-state index is 0.0375. The minimum Gasteiger partial charge on any atom is -0.497 e. The van der Waals surface area contributed by atoms with Gasteiger partial charge in [0.15, 0.2) is 0 Å². The number of hydrogen-bond donors (Lipinski definition) is 3. The summed E-state index contributed by atoms with van der Waals surface area (Å²) in [6.07, 6.45) is 3.81. The monoisotopic (exact) mass is 397 g/mol. The molecule has 8 heteroatoms. The summed E-state index contributed by atoms with van der Waals surface area (Å²) in [6.45, 7) is 0.967. The third-order valence-corrected chi connectivity index (χ3v) is 7.29. The van der Waals surface area contributed by atoms with Crippen molar-refractivity contribution in [3.05, 3.63) is 29.8 Å². The molecule has 5 atom stereocenters. The summed E-state index contributed by atoms with van der Waals surface area (Å²) < 4.78 is 21.7. The predicted octanol–water partition coefficient (Wildman–Crippen LogP) is 2.09. The van der Waals surface area contributed by atoms with Crippen molar-refractivity contribution in [3.63, 3.8) is 0 Å². The summed E-state index contributed by atoms with van der Waals surface area (Å²) in [4.78, 5) is 21.0. The van der Waals surface area contributed by atoms with Crippen LogP contribution in [-0.2, 0) is 15.5 Å². The maximum atomic E-state index is 11.4. The van der Waals surface area contributed by atoms with Crippen molar-refractivity contribution in [1.82, 2.24) is 4.90 Å². The van der Waals surface area contributed by atoms with E-state index in [1.807, 2.05) is 24.3 Å². The average molecular weight is 397 g/mol. The van der Waals surface area contributed by atoms with Crippen molar-refractivity contribution >= 4 is 7.82 Å². The number of rotatable bonds is 5. The van der Waals surface area contributed by atoms with E-state index in [2.05, 4.69) is 4.90 Å². The molecule has 1 aliphatic carbocycles. The zero-order chi connectivity index (χ0) is 19.2. The molecule has 150 valence electrons. The minimum atomic E-state index is -4.57. The van der Waals surface area contributed by atoms with E-state index >= 15 is 0 Å². The molecule has 1 aromatic carbocycles. The molecular formula is C19H28NO6P. The summed E-state index contributed by atoms with van der Waals surface area (Å²) in [6, 6.07) is 7.81. The molecule has 0 aromatic heterocycles. The van der Waals surface area contributed by atoms with Crippen LogP contribution in [-0.4, -0.2) is 57.2 Å². The first-order valence-corrected chi connectivity index (χ1v) is 11.2. The fourth-order valence-electron chi connectivity index (χ4n) is 5.61. The van der Waals surface area contributed by atoms with E-state index in [9.17, 15) is 19.5 Å². The number of hydrogen-bond acceptors (Lipinski definition) is 5. The van der Waals surface area contributed by atoms with Crippen LogP contribution in [0, 0.1) is 5.92 Å². The van der Waals surface area contributed by atoms with E-state index < -0.39 is 20.0 Å². The Morgan fingerprint density at radius 2 is 2.00 bits per heavy atom. The highest BCUT2D eigenvalue weighted by Crippen LogP contribution is 2.54. The van der Waals surface area contributed by atoms with E-state index in [0.717, 1.165) is 43.5 Å². The number of fused-ring (bicyclic) bond motifs is 1. The van der Waals surface area contributed by atoms with Gasteiger partial charge in [0.05, 0.1) is 19.3 Å². The number of phosphoric ester groups is 1. The highest BCUT2D eigenvalue weighted by atomic mass is 31.2. The smallest absolute Gasteiger partial charge is 0.469 e. The van der Waals surface area contributed by atoms with Crippen LogP contribution in [0.15, 0.2) is 24.3 Å². The Bertz CT molecular complexity index is 721. The summed E-state index contributed by atoms with van der Waals surface area (Å²) in [5, 5.41) is 11.2. The second kappa shape index (κ2) is 7.14. The van der Waals surface area contributed by atoms with Crippen molar-refractivity contribution < 1.29 is 28.7 Å².